The number of carbonyl (C=O) groups excluding carboxylic acids is 1. The average molecular weight is 239 g/mol. The molecule has 3 N–H and O–H groups in total. The van der Waals surface area contributed by atoms with Gasteiger partial charge < -0.3 is 20.3 Å². The van der Waals surface area contributed by atoms with Crippen LogP contribution in [0.3, 0.4) is 0 Å². The van der Waals surface area contributed by atoms with Crippen molar-refractivity contribution < 1.29 is 19.7 Å². The number of aliphatic hydroxyl groups excluding tert-OH is 1. The van der Waals surface area contributed by atoms with E-state index in [1.165, 1.54) is 19.2 Å². The summed E-state index contributed by atoms with van der Waals surface area (Å²) in [6, 6.07) is 4.33. The first-order valence-corrected chi connectivity index (χ1v) is 5.37. The van der Waals surface area contributed by atoms with Gasteiger partial charge in [0.15, 0.2) is 11.5 Å². The van der Waals surface area contributed by atoms with Crippen LogP contribution in [-0.2, 0) is 0 Å². The van der Waals surface area contributed by atoms with E-state index in [9.17, 15) is 9.90 Å². The Morgan fingerprint density at radius 1 is 1.53 bits per heavy atom. The second-order valence-corrected chi connectivity index (χ2v) is 3.77. The molecule has 1 aromatic carbocycles. The zero-order valence-electron chi connectivity index (χ0n) is 9.93. The third kappa shape index (κ3) is 3.64. The summed E-state index contributed by atoms with van der Waals surface area (Å²) in [7, 11) is 1.44. The summed E-state index contributed by atoms with van der Waals surface area (Å²) in [5.74, 6) is -0.0381. The van der Waals surface area contributed by atoms with Gasteiger partial charge in [0.25, 0.3) is 5.91 Å². The SMILES string of the molecule is COc1ccc(C(=O)NC(C)CCO)cc1O. The minimum atomic E-state index is -0.288. The number of ether oxygens (including phenoxy) is 1. The zero-order valence-corrected chi connectivity index (χ0v) is 9.93. The minimum absolute atomic E-state index is 0.0231. The molecule has 1 rings (SSSR count). The molecule has 1 unspecified atom stereocenters. The molecule has 0 bridgehead atoms. The first kappa shape index (κ1) is 13.3. The molecule has 0 aliphatic carbocycles. The molecule has 0 fully saturated rings. The van der Waals surface area contributed by atoms with Crippen molar-refractivity contribution in [2.75, 3.05) is 13.7 Å². The number of carbonyl (C=O) groups is 1. The molecule has 1 atom stereocenters. The minimum Gasteiger partial charge on any atom is -0.504 e. The molecule has 5 heteroatoms. The standard InChI is InChI=1S/C12H17NO4/c1-8(5-6-14)13-12(16)9-3-4-11(17-2)10(15)7-9/h3-4,7-8,14-15H,5-6H2,1-2H3,(H,13,16). The van der Waals surface area contributed by atoms with Crippen molar-refractivity contribution in [1.82, 2.24) is 5.32 Å². The molecule has 0 saturated carbocycles. The molecule has 1 aromatic rings. The van der Waals surface area contributed by atoms with Crippen LogP contribution in [-0.4, -0.2) is 35.9 Å². The number of rotatable bonds is 5. The number of methoxy groups -OCH3 is 1. The second-order valence-electron chi connectivity index (χ2n) is 3.77. The van der Waals surface area contributed by atoms with Crippen LogP contribution in [0.5, 0.6) is 11.5 Å². The summed E-state index contributed by atoms with van der Waals surface area (Å²) in [6.45, 7) is 1.83. The predicted molar refractivity (Wildman–Crippen MR) is 63.3 cm³/mol. The Labute approximate surface area is 100 Å². The quantitative estimate of drug-likeness (QED) is 0.713. The van der Waals surface area contributed by atoms with Crippen molar-refractivity contribution in [1.29, 1.82) is 0 Å². The third-order valence-electron chi connectivity index (χ3n) is 2.38. The van der Waals surface area contributed by atoms with Gasteiger partial charge in [-0.15, -0.1) is 0 Å². The maximum Gasteiger partial charge on any atom is 0.251 e. The molecule has 0 aromatic heterocycles. The number of amides is 1. The van der Waals surface area contributed by atoms with Crippen LogP contribution >= 0.6 is 0 Å². The second kappa shape index (κ2) is 6.10. The predicted octanol–water partition coefficient (Wildman–Crippen LogP) is 0.901. The van der Waals surface area contributed by atoms with Gasteiger partial charge in [-0.2, -0.15) is 0 Å². The molecule has 0 spiro atoms. The van der Waals surface area contributed by atoms with Gasteiger partial charge in [0, 0.05) is 18.2 Å². The fourth-order valence-corrected chi connectivity index (χ4v) is 1.40. The van der Waals surface area contributed by atoms with Gasteiger partial charge in [0.05, 0.1) is 7.11 Å². The lowest BCUT2D eigenvalue weighted by atomic mass is 10.1. The van der Waals surface area contributed by atoms with Crippen LogP contribution in [0.1, 0.15) is 23.7 Å². The van der Waals surface area contributed by atoms with E-state index in [2.05, 4.69) is 5.32 Å². The van der Waals surface area contributed by atoms with E-state index in [-0.39, 0.29) is 24.3 Å². The number of aliphatic hydroxyl groups is 1. The molecule has 17 heavy (non-hydrogen) atoms. The number of hydrogen-bond acceptors (Lipinski definition) is 4. The molecule has 0 saturated heterocycles. The summed E-state index contributed by atoms with van der Waals surface area (Å²) < 4.78 is 4.88. The summed E-state index contributed by atoms with van der Waals surface area (Å²) >= 11 is 0. The van der Waals surface area contributed by atoms with Gasteiger partial charge in [0.1, 0.15) is 0 Å². The highest BCUT2D eigenvalue weighted by molar-refractivity contribution is 5.95. The zero-order chi connectivity index (χ0) is 12.8. The number of nitrogens with one attached hydrogen (secondary N) is 1. The summed E-state index contributed by atoms with van der Waals surface area (Å²) in [6.07, 6.45) is 0.494. The highest BCUT2D eigenvalue weighted by atomic mass is 16.5. The van der Waals surface area contributed by atoms with E-state index in [1.807, 2.05) is 0 Å². The Hall–Kier alpha value is -1.75. The van der Waals surface area contributed by atoms with E-state index in [1.54, 1.807) is 13.0 Å². The van der Waals surface area contributed by atoms with Gasteiger partial charge in [-0.1, -0.05) is 0 Å². The molecular weight excluding hydrogens is 222 g/mol. The molecule has 0 heterocycles. The molecule has 0 aliphatic rings. The van der Waals surface area contributed by atoms with Crippen LogP contribution in [0, 0.1) is 0 Å². The van der Waals surface area contributed by atoms with Crippen LogP contribution in [0.4, 0.5) is 0 Å². The van der Waals surface area contributed by atoms with Crippen LogP contribution in [0.25, 0.3) is 0 Å². The first-order valence-electron chi connectivity index (χ1n) is 5.37. The molecule has 0 radical (unpaired) electrons. The van der Waals surface area contributed by atoms with E-state index < -0.39 is 0 Å². The Balaban J connectivity index is 2.72. The largest absolute Gasteiger partial charge is 0.504 e. The molecule has 0 aliphatic heterocycles. The molecule has 1 amide bonds. The normalized spacial score (nSPS) is 11.9. The van der Waals surface area contributed by atoms with Crippen LogP contribution in [0.2, 0.25) is 0 Å². The summed E-state index contributed by atoms with van der Waals surface area (Å²) in [4.78, 5) is 11.7. The van der Waals surface area contributed by atoms with E-state index in [0.717, 1.165) is 0 Å². The van der Waals surface area contributed by atoms with Crippen molar-refractivity contribution in [2.45, 2.75) is 19.4 Å². The van der Waals surface area contributed by atoms with Crippen molar-refractivity contribution >= 4 is 5.91 Å². The third-order valence-corrected chi connectivity index (χ3v) is 2.38. The lowest BCUT2D eigenvalue weighted by Gasteiger charge is -2.13. The topological polar surface area (TPSA) is 78.8 Å². The molecular formula is C12H17NO4. The van der Waals surface area contributed by atoms with Crippen molar-refractivity contribution in [3.8, 4) is 11.5 Å². The molecule has 94 valence electrons. The number of phenols is 1. The van der Waals surface area contributed by atoms with Gasteiger partial charge in [-0.3, -0.25) is 4.79 Å². The Morgan fingerprint density at radius 2 is 2.24 bits per heavy atom. The van der Waals surface area contributed by atoms with E-state index in [4.69, 9.17) is 9.84 Å². The fourth-order valence-electron chi connectivity index (χ4n) is 1.40. The van der Waals surface area contributed by atoms with Crippen molar-refractivity contribution in [2.24, 2.45) is 0 Å². The van der Waals surface area contributed by atoms with E-state index in [0.29, 0.717) is 17.7 Å². The van der Waals surface area contributed by atoms with Gasteiger partial charge in [-0.25, -0.2) is 0 Å². The smallest absolute Gasteiger partial charge is 0.251 e. The highest BCUT2D eigenvalue weighted by Crippen LogP contribution is 2.26. The average Bonchev–Trinajstić information content (AvgIpc) is 2.29. The van der Waals surface area contributed by atoms with Gasteiger partial charge >= 0.3 is 0 Å². The fraction of sp³-hybridized carbons (Fsp3) is 0.417. The Kier molecular flexibility index (Phi) is 4.78. The van der Waals surface area contributed by atoms with Crippen LogP contribution < -0.4 is 10.1 Å². The lowest BCUT2D eigenvalue weighted by molar-refractivity contribution is 0.0934. The highest BCUT2D eigenvalue weighted by Gasteiger charge is 2.11. The van der Waals surface area contributed by atoms with Gasteiger partial charge in [-0.05, 0) is 31.5 Å². The maximum absolute atomic E-state index is 11.7. The van der Waals surface area contributed by atoms with Crippen LogP contribution in [0.15, 0.2) is 18.2 Å². The first-order chi connectivity index (χ1) is 8.08. The van der Waals surface area contributed by atoms with Crippen molar-refractivity contribution in [3.05, 3.63) is 23.8 Å². The summed E-state index contributed by atoms with van der Waals surface area (Å²) in [5.41, 5.74) is 0.355. The molecule has 5 nitrogen and oxygen atoms in total. The number of phenolic OH excluding ortho intramolecular Hbond substituents is 1. The lowest BCUT2D eigenvalue weighted by Crippen LogP contribution is -2.33. The van der Waals surface area contributed by atoms with Crippen molar-refractivity contribution in [3.63, 3.8) is 0 Å². The Morgan fingerprint density at radius 3 is 2.76 bits per heavy atom. The Bertz CT molecular complexity index is 392. The summed E-state index contributed by atoms with van der Waals surface area (Å²) in [5, 5.41) is 21.0. The maximum atomic E-state index is 11.7. The monoisotopic (exact) mass is 239 g/mol. The number of hydrogen-bond donors (Lipinski definition) is 3. The van der Waals surface area contributed by atoms with Gasteiger partial charge in [0.2, 0.25) is 0 Å². The number of aromatic hydroxyl groups is 1. The number of benzene rings is 1. The van der Waals surface area contributed by atoms with E-state index >= 15 is 0 Å².